The summed E-state index contributed by atoms with van der Waals surface area (Å²) >= 11 is 3.28. The second kappa shape index (κ2) is 7.23. The highest BCUT2D eigenvalue weighted by atomic mass is 79.9. The summed E-state index contributed by atoms with van der Waals surface area (Å²) in [6.07, 6.45) is 0.0931. The van der Waals surface area contributed by atoms with E-state index in [0.717, 1.165) is 0 Å². The number of hydrogen-bond acceptors (Lipinski definition) is 3. The van der Waals surface area contributed by atoms with Crippen molar-refractivity contribution in [2.75, 3.05) is 6.54 Å². The van der Waals surface area contributed by atoms with Crippen molar-refractivity contribution in [1.29, 1.82) is 0 Å². The summed E-state index contributed by atoms with van der Waals surface area (Å²) < 4.78 is 15.4. The topological polar surface area (TPSA) is 77.8 Å². The molecule has 0 atom stereocenters. The third kappa shape index (κ3) is 2.84. The maximum absolute atomic E-state index is 14.8. The van der Waals surface area contributed by atoms with Crippen molar-refractivity contribution in [3.8, 4) is 0 Å². The van der Waals surface area contributed by atoms with Gasteiger partial charge in [0, 0.05) is 28.0 Å². The van der Waals surface area contributed by atoms with E-state index in [1.54, 1.807) is 25.7 Å². The summed E-state index contributed by atoms with van der Waals surface area (Å²) in [7, 11) is 0. The van der Waals surface area contributed by atoms with Gasteiger partial charge in [-0.05, 0) is 45.4 Å². The largest absolute Gasteiger partial charge is 0.478 e. The third-order valence-electron chi connectivity index (χ3n) is 5.05. The molecule has 5 nitrogen and oxygen atoms in total. The minimum atomic E-state index is -1.59. The normalized spacial score (nSPS) is 16.9. The number of halogens is 2. The van der Waals surface area contributed by atoms with E-state index in [1.165, 1.54) is 18.2 Å². The molecule has 0 aromatic heterocycles. The SMILES string of the molecule is CCN1C(C)=C(C(=O)O)C(CC)(c2cc(Br)ccc2F)C(C(=O)O)=C1C. The maximum Gasteiger partial charge on any atom is 0.334 e. The maximum atomic E-state index is 14.8. The lowest BCUT2D eigenvalue weighted by Gasteiger charge is -2.44. The number of carbonyl (C=O) groups is 2. The van der Waals surface area contributed by atoms with E-state index in [9.17, 15) is 24.2 Å². The number of benzene rings is 1. The van der Waals surface area contributed by atoms with Gasteiger partial charge in [0.25, 0.3) is 0 Å². The fourth-order valence-corrected chi connectivity index (χ4v) is 4.41. The molecule has 2 N–H and O–H groups in total. The first kappa shape index (κ1) is 20.2. The van der Waals surface area contributed by atoms with Crippen LogP contribution in [0.5, 0.6) is 0 Å². The van der Waals surface area contributed by atoms with Crippen LogP contribution in [-0.2, 0) is 15.0 Å². The van der Waals surface area contributed by atoms with Crippen molar-refractivity contribution < 1.29 is 24.2 Å². The summed E-state index contributed by atoms with van der Waals surface area (Å²) in [5.41, 5.74) is -0.930. The Labute approximate surface area is 159 Å². The molecule has 0 saturated heterocycles. The molecule has 1 aliphatic heterocycles. The molecule has 0 amide bonds. The second-order valence-electron chi connectivity index (χ2n) is 6.16. The fourth-order valence-electron chi connectivity index (χ4n) is 4.05. The third-order valence-corrected chi connectivity index (χ3v) is 5.54. The van der Waals surface area contributed by atoms with Crippen molar-refractivity contribution in [3.05, 3.63) is 56.6 Å². The van der Waals surface area contributed by atoms with E-state index in [1.807, 2.05) is 6.92 Å². The van der Waals surface area contributed by atoms with Gasteiger partial charge < -0.3 is 15.1 Å². The molecule has 2 rings (SSSR count). The van der Waals surface area contributed by atoms with Crippen LogP contribution in [0.4, 0.5) is 4.39 Å². The molecule has 1 aromatic carbocycles. The molecular formula is C19H21BrFNO4. The first-order valence-electron chi connectivity index (χ1n) is 8.25. The van der Waals surface area contributed by atoms with Crippen molar-refractivity contribution in [2.24, 2.45) is 0 Å². The predicted octanol–water partition coefficient (Wildman–Crippen LogP) is 4.29. The smallest absolute Gasteiger partial charge is 0.334 e. The van der Waals surface area contributed by atoms with E-state index in [0.29, 0.717) is 22.4 Å². The highest BCUT2D eigenvalue weighted by Gasteiger charge is 2.51. The number of nitrogens with zero attached hydrogens (tertiary/aromatic N) is 1. The van der Waals surface area contributed by atoms with Gasteiger partial charge in [0.15, 0.2) is 0 Å². The van der Waals surface area contributed by atoms with Gasteiger partial charge in [-0.1, -0.05) is 22.9 Å². The van der Waals surface area contributed by atoms with E-state index >= 15 is 0 Å². The summed E-state index contributed by atoms with van der Waals surface area (Å²) in [6.45, 7) is 7.16. The summed E-state index contributed by atoms with van der Waals surface area (Å²) in [6, 6.07) is 4.18. The molecule has 0 unspecified atom stereocenters. The Balaban J connectivity index is 3.06. The Morgan fingerprint density at radius 3 is 2.00 bits per heavy atom. The van der Waals surface area contributed by atoms with Crippen LogP contribution in [0.1, 0.15) is 39.7 Å². The van der Waals surface area contributed by atoms with Gasteiger partial charge >= 0.3 is 11.9 Å². The molecule has 7 heteroatoms. The minimum absolute atomic E-state index is 0.0404. The first-order valence-corrected chi connectivity index (χ1v) is 9.05. The Hall–Kier alpha value is -2.15. The molecule has 1 aliphatic rings. The van der Waals surface area contributed by atoms with Gasteiger partial charge in [-0.15, -0.1) is 0 Å². The summed E-state index contributed by atoms with van der Waals surface area (Å²) in [5, 5.41) is 19.9. The predicted molar refractivity (Wildman–Crippen MR) is 99.1 cm³/mol. The molecular weight excluding hydrogens is 405 g/mol. The van der Waals surface area contributed by atoms with Crippen molar-refractivity contribution >= 4 is 27.9 Å². The fraction of sp³-hybridized carbons (Fsp3) is 0.368. The summed E-state index contributed by atoms with van der Waals surface area (Å²) in [5.74, 6) is -3.15. The van der Waals surface area contributed by atoms with Crippen LogP contribution in [-0.4, -0.2) is 33.6 Å². The quantitative estimate of drug-likeness (QED) is 0.735. The van der Waals surface area contributed by atoms with Crippen LogP contribution in [0.15, 0.2) is 45.2 Å². The van der Waals surface area contributed by atoms with Crippen LogP contribution in [0.3, 0.4) is 0 Å². The first-order chi connectivity index (χ1) is 12.1. The average molecular weight is 426 g/mol. The van der Waals surface area contributed by atoms with Crippen LogP contribution in [0.25, 0.3) is 0 Å². The van der Waals surface area contributed by atoms with E-state index in [4.69, 9.17) is 0 Å². The van der Waals surface area contributed by atoms with E-state index in [-0.39, 0.29) is 23.1 Å². The highest BCUT2D eigenvalue weighted by Crippen LogP contribution is 2.50. The zero-order chi connectivity index (χ0) is 19.8. The zero-order valence-corrected chi connectivity index (χ0v) is 16.6. The van der Waals surface area contributed by atoms with Gasteiger partial charge in [-0.2, -0.15) is 0 Å². The highest BCUT2D eigenvalue weighted by molar-refractivity contribution is 9.10. The van der Waals surface area contributed by atoms with E-state index in [2.05, 4.69) is 15.9 Å². The number of rotatable bonds is 5. The Bertz CT molecular complexity index is 806. The molecule has 0 radical (unpaired) electrons. The van der Waals surface area contributed by atoms with Crippen molar-refractivity contribution in [3.63, 3.8) is 0 Å². The van der Waals surface area contributed by atoms with Gasteiger partial charge in [0.2, 0.25) is 0 Å². The van der Waals surface area contributed by atoms with Gasteiger partial charge in [0.1, 0.15) is 5.82 Å². The van der Waals surface area contributed by atoms with Gasteiger partial charge in [-0.25, -0.2) is 14.0 Å². The monoisotopic (exact) mass is 425 g/mol. The lowest BCUT2D eigenvalue weighted by Crippen LogP contribution is -2.46. The molecule has 0 aliphatic carbocycles. The van der Waals surface area contributed by atoms with Gasteiger partial charge in [-0.3, -0.25) is 0 Å². The van der Waals surface area contributed by atoms with Crippen LogP contribution < -0.4 is 0 Å². The average Bonchev–Trinajstić information content (AvgIpc) is 2.55. The van der Waals surface area contributed by atoms with Gasteiger partial charge in [0.05, 0.1) is 16.6 Å². The number of allylic oxidation sites excluding steroid dienone is 2. The van der Waals surface area contributed by atoms with Crippen LogP contribution in [0.2, 0.25) is 0 Å². The lowest BCUT2D eigenvalue weighted by molar-refractivity contribution is -0.134. The number of hydrogen-bond donors (Lipinski definition) is 2. The zero-order valence-electron chi connectivity index (χ0n) is 15.1. The lowest BCUT2D eigenvalue weighted by atomic mass is 9.63. The minimum Gasteiger partial charge on any atom is -0.478 e. The molecule has 0 spiro atoms. The van der Waals surface area contributed by atoms with Crippen LogP contribution >= 0.6 is 15.9 Å². The molecule has 140 valence electrons. The standard InChI is InChI=1S/C19H21BrFNO4/c1-5-19(13-9-12(20)7-8-14(13)21)15(17(23)24)10(3)22(6-2)11(4)16(19)18(25)26/h7-9H,5-6H2,1-4H3,(H,23,24)(H,25,26). The summed E-state index contributed by atoms with van der Waals surface area (Å²) in [4.78, 5) is 26.1. The molecule has 26 heavy (non-hydrogen) atoms. The Kier molecular flexibility index (Phi) is 5.61. The number of carboxylic acids is 2. The number of aliphatic carboxylic acids is 2. The van der Waals surface area contributed by atoms with Crippen molar-refractivity contribution in [2.45, 2.75) is 39.5 Å². The molecule has 1 aromatic rings. The Morgan fingerprint density at radius 2 is 1.62 bits per heavy atom. The molecule has 0 fully saturated rings. The second-order valence-corrected chi connectivity index (χ2v) is 7.07. The molecule has 0 saturated carbocycles. The molecule has 0 bridgehead atoms. The van der Waals surface area contributed by atoms with Crippen LogP contribution in [0, 0.1) is 5.82 Å². The number of carboxylic acid groups (broad SMARTS) is 2. The van der Waals surface area contributed by atoms with Crippen molar-refractivity contribution in [1.82, 2.24) is 4.90 Å². The Morgan fingerprint density at radius 1 is 1.12 bits per heavy atom. The van der Waals surface area contributed by atoms with E-state index < -0.39 is 23.2 Å². The molecule has 1 heterocycles.